The topological polar surface area (TPSA) is 14.8 Å². The fourth-order valence-corrected chi connectivity index (χ4v) is 16.6. The molecule has 70 heavy (non-hydrogen) atoms. The standard InChI is InChI=1S/C66H45N3Si/c1-5-22-46(23-6-1)47-24-19-25-48(44-47)67-58-36-16-15-34-55(58)56-35-20-41-63(66(56)67)69-62-40-21-39-61(68-59-37-17-13-32-53(59)54-33-14-18-38-60(54)68)65(62)57-43-42-52(45-64(57)69)70(49-26-7-2-8-27-49,50-28-9-3-10-29-50)51-30-11-4-12-31-51/h1-45H. The zero-order valence-electron chi connectivity index (χ0n) is 38.3. The van der Waals surface area contributed by atoms with E-state index in [1.165, 1.54) is 86.3 Å². The highest BCUT2D eigenvalue weighted by Crippen LogP contribution is 2.43. The number of hydrogen-bond acceptors (Lipinski definition) is 0. The Kier molecular flexibility index (Phi) is 9.23. The van der Waals surface area contributed by atoms with Crippen LogP contribution >= 0.6 is 0 Å². The van der Waals surface area contributed by atoms with E-state index in [4.69, 9.17) is 0 Å². The van der Waals surface area contributed by atoms with Gasteiger partial charge in [0.2, 0.25) is 0 Å². The van der Waals surface area contributed by atoms with Gasteiger partial charge in [-0.3, -0.25) is 0 Å². The molecule has 0 atom stereocenters. The van der Waals surface area contributed by atoms with E-state index in [-0.39, 0.29) is 0 Å². The fourth-order valence-electron chi connectivity index (χ4n) is 11.9. The monoisotopic (exact) mass is 907 g/mol. The van der Waals surface area contributed by atoms with Crippen LogP contribution in [-0.4, -0.2) is 21.8 Å². The quantitative estimate of drug-likeness (QED) is 0.107. The van der Waals surface area contributed by atoms with Crippen LogP contribution in [0.5, 0.6) is 0 Å². The zero-order chi connectivity index (χ0) is 46.2. The molecular formula is C66H45N3Si. The van der Waals surface area contributed by atoms with Gasteiger partial charge < -0.3 is 13.7 Å². The predicted molar refractivity (Wildman–Crippen MR) is 299 cm³/mol. The summed E-state index contributed by atoms with van der Waals surface area (Å²) < 4.78 is 7.58. The van der Waals surface area contributed by atoms with Crippen LogP contribution in [-0.2, 0) is 0 Å². The minimum Gasteiger partial charge on any atom is -0.309 e. The van der Waals surface area contributed by atoms with Gasteiger partial charge in [-0.05, 0) is 86.5 Å². The smallest absolute Gasteiger partial charge is 0.179 e. The van der Waals surface area contributed by atoms with Crippen molar-refractivity contribution < 1.29 is 0 Å². The number of fused-ring (bicyclic) bond motifs is 9. The van der Waals surface area contributed by atoms with Gasteiger partial charge in [0.05, 0.1) is 44.5 Å². The molecule has 0 fully saturated rings. The lowest BCUT2D eigenvalue weighted by Gasteiger charge is -2.34. The second kappa shape index (κ2) is 16.1. The van der Waals surface area contributed by atoms with Gasteiger partial charge in [0.15, 0.2) is 8.07 Å². The van der Waals surface area contributed by atoms with Crippen molar-refractivity contribution in [1.29, 1.82) is 0 Å². The third kappa shape index (κ3) is 5.94. The first-order valence-electron chi connectivity index (χ1n) is 24.2. The molecule has 14 aromatic rings. The zero-order valence-corrected chi connectivity index (χ0v) is 39.3. The van der Waals surface area contributed by atoms with Crippen molar-refractivity contribution in [3.8, 4) is 28.2 Å². The molecule has 0 aliphatic rings. The molecule has 3 nitrogen and oxygen atoms in total. The van der Waals surface area contributed by atoms with Gasteiger partial charge in [-0.15, -0.1) is 0 Å². The average molecular weight is 908 g/mol. The van der Waals surface area contributed by atoms with Gasteiger partial charge in [-0.25, -0.2) is 0 Å². The van der Waals surface area contributed by atoms with Crippen molar-refractivity contribution in [1.82, 2.24) is 13.7 Å². The molecule has 0 aliphatic carbocycles. The van der Waals surface area contributed by atoms with Crippen LogP contribution in [0.25, 0.3) is 93.6 Å². The Bertz CT molecular complexity index is 4130. The maximum Gasteiger partial charge on any atom is 0.179 e. The Morgan fingerprint density at radius 3 is 1.30 bits per heavy atom. The third-order valence-electron chi connectivity index (χ3n) is 14.8. The van der Waals surface area contributed by atoms with Crippen LogP contribution in [0, 0.1) is 0 Å². The van der Waals surface area contributed by atoms with E-state index in [0.717, 1.165) is 28.1 Å². The maximum absolute atomic E-state index is 2.94. The van der Waals surface area contributed by atoms with Gasteiger partial charge in [-0.1, -0.05) is 218 Å². The average Bonchev–Trinajstić information content (AvgIpc) is 4.08. The number of nitrogens with zero attached hydrogens (tertiary/aromatic N) is 3. The number of hydrogen-bond donors (Lipinski definition) is 0. The number of aromatic nitrogens is 3. The van der Waals surface area contributed by atoms with Gasteiger partial charge in [-0.2, -0.15) is 0 Å². The Balaban J connectivity index is 1.15. The van der Waals surface area contributed by atoms with Crippen LogP contribution in [0.2, 0.25) is 0 Å². The number of rotatable bonds is 8. The summed E-state index contributed by atoms with van der Waals surface area (Å²) >= 11 is 0. The van der Waals surface area contributed by atoms with E-state index in [1.54, 1.807) is 0 Å². The normalized spacial score (nSPS) is 12.0. The minimum absolute atomic E-state index is 1.12. The minimum atomic E-state index is -2.94. The van der Waals surface area contributed by atoms with Gasteiger partial charge in [0.25, 0.3) is 0 Å². The summed E-state index contributed by atoms with van der Waals surface area (Å²) in [5.74, 6) is 0. The predicted octanol–water partition coefficient (Wildman–Crippen LogP) is 14.0. The van der Waals surface area contributed by atoms with Crippen LogP contribution in [0.3, 0.4) is 0 Å². The Morgan fingerprint density at radius 1 is 0.243 bits per heavy atom. The van der Waals surface area contributed by atoms with Crippen molar-refractivity contribution in [2.24, 2.45) is 0 Å². The molecule has 4 heteroatoms. The molecule has 0 saturated carbocycles. The molecule has 11 aromatic carbocycles. The van der Waals surface area contributed by atoms with Gasteiger partial charge >= 0.3 is 0 Å². The van der Waals surface area contributed by atoms with Crippen LogP contribution in [0.1, 0.15) is 0 Å². The van der Waals surface area contributed by atoms with E-state index >= 15 is 0 Å². The lowest BCUT2D eigenvalue weighted by atomic mass is 10.1. The second-order valence-electron chi connectivity index (χ2n) is 18.4. The molecule has 328 valence electrons. The highest BCUT2D eigenvalue weighted by Gasteiger charge is 2.42. The molecule has 0 N–H and O–H groups in total. The van der Waals surface area contributed by atoms with E-state index in [0.29, 0.717) is 0 Å². The molecular weight excluding hydrogens is 863 g/mol. The Labute approximate surface area is 407 Å². The summed E-state index contributed by atoms with van der Waals surface area (Å²) in [6.07, 6.45) is 0. The Morgan fingerprint density at radius 2 is 0.686 bits per heavy atom. The molecule has 3 heterocycles. The van der Waals surface area contributed by atoms with Crippen molar-refractivity contribution in [3.05, 3.63) is 273 Å². The second-order valence-corrected chi connectivity index (χ2v) is 22.2. The molecule has 0 aliphatic heterocycles. The molecule has 0 saturated heterocycles. The molecule has 0 amide bonds. The maximum atomic E-state index is 2.59. The molecule has 0 unspecified atom stereocenters. The lowest BCUT2D eigenvalue weighted by Crippen LogP contribution is -2.74. The van der Waals surface area contributed by atoms with E-state index in [2.05, 4.69) is 287 Å². The largest absolute Gasteiger partial charge is 0.309 e. The first-order valence-corrected chi connectivity index (χ1v) is 26.2. The van der Waals surface area contributed by atoms with Crippen molar-refractivity contribution in [2.45, 2.75) is 0 Å². The first kappa shape index (κ1) is 40.1. The van der Waals surface area contributed by atoms with Gasteiger partial charge in [0, 0.05) is 38.0 Å². The first-order chi connectivity index (χ1) is 34.8. The Hall–Kier alpha value is -8.96. The number of para-hydroxylation sites is 4. The van der Waals surface area contributed by atoms with E-state index < -0.39 is 8.07 Å². The summed E-state index contributed by atoms with van der Waals surface area (Å²) in [5, 5.41) is 12.7. The molecule has 0 bridgehead atoms. The lowest BCUT2D eigenvalue weighted by molar-refractivity contribution is 1.13. The van der Waals surface area contributed by atoms with Crippen molar-refractivity contribution in [3.63, 3.8) is 0 Å². The van der Waals surface area contributed by atoms with Gasteiger partial charge in [0.1, 0.15) is 0 Å². The molecule has 0 spiro atoms. The summed E-state index contributed by atoms with van der Waals surface area (Å²) in [4.78, 5) is 0. The van der Waals surface area contributed by atoms with Crippen LogP contribution in [0.4, 0.5) is 0 Å². The summed E-state index contributed by atoms with van der Waals surface area (Å²) in [6, 6.07) is 101. The number of benzene rings is 11. The molecule has 3 aromatic heterocycles. The summed E-state index contributed by atoms with van der Waals surface area (Å²) in [5.41, 5.74) is 12.8. The highest BCUT2D eigenvalue weighted by atomic mass is 28.3. The van der Waals surface area contributed by atoms with Crippen molar-refractivity contribution >= 4 is 94.2 Å². The SMILES string of the molecule is c1ccc(-c2cccc(-n3c4ccccc4c4cccc(-n5c6cc([Si](c7ccccc7)(c7ccccc7)c7ccccc7)ccc6c6c(-n7c8ccccc8c8ccccc87)cccc65)c43)c2)cc1. The highest BCUT2D eigenvalue weighted by molar-refractivity contribution is 7.20. The van der Waals surface area contributed by atoms with Crippen LogP contribution in [0.15, 0.2) is 273 Å². The fraction of sp³-hybridized carbons (Fsp3) is 0. The van der Waals surface area contributed by atoms with E-state index in [1.807, 2.05) is 0 Å². The summed E-state index contributed by atoms with van der Waals surface area (Å²) in [6.45, 7) is 0. The van der Waals surface area contributed by atoms with Crippen LogP contribution < -0.4 is 20.7 Å². The third-order valence-corrected chi connectivity index (χ3v) is 19.5. The van der Waals surface area contributed by atoms with E-state index in [9.17, 15) is 0 Å². The summed E-state index contributed by atoms with van der Waals surface area (Å²) in [7, 11) is -2.94. The molecule has 14 rings (SSSR count). The van der Waals surface area contributed by atoms with Crippen molar-refractivity contribution in [2.75, 3.05) is 0 Å². The molecule has 0 radical (unpaired) electrons.